The van der Waals surface area contributed by atoms with Crippen LogP contribution in [-0.4, -0.2) is 21.7 Å². The van der Waals surface area contributed by atoms with E-state index in [4.69, 9.17) is 4.74 Å². The third kappa shape index (κ3) is 4.95. The zero-order valence-electron chi connectivity index (χ0n) is 12.5. The van der Waals surface area contributed by atoms with Crippen LogP contribution in [0, 0.1) is 0 Å². The molecular formula is C16H21N3O2. The summed E-state index contributed by atoms with van der Waals surface area (Å²) in [5.41, 5.74) is 1.08. The lowest BCUT2D eigenvalue weighted by Gasteiger charge is -2.10. The molecule has 1 N–H and O–H groups in total. The van der Waals surface area contributed by atoms with E-state index in [1.807, 2.05) is 44.2 Å². The van der Waals surface area contributed by atoms with Crippen molar-refractivity contribution < 1.29 is 9.53 Å². The number of aromatic nitrogens is 2. The number of ether oxygens (including phenoxy) is 1. The van der Waals surface area contributed by atoms with Crippen LogP contribution in [0.3, 0.4) is 0 Å². The first-order valence-corrected chi connectivity index (χ1v) is 7.17. The third-order valence-electron chi connectivity index (χ3n) is 3.17. The van der Waals surface area contributed by atoms with Crippen molar-refractivity contribution in [1.29, 1.82) is 0 Å². The molecule has 0 aliphatic heterocycles. The van der Waals surface area contributed by atoms with Crippen LogP contribution < -0.4 is 10.1 Å². The van der Waals surface area contributed by atoms with Crippen molar-refractivity contribution in [3.8, 4) is 5.88 Å². The summed E-state index contributed by atoms with van der Waals surface area (Å²) in [7, 11) is 0. The average Bonchev–Trinajstić information content (AvgIpc) is 2.93. The Labute approximate surface area is 124 Å². The maximum absolute atomic E-state index is 11.8. The largest absolute Gasteiger partial charge is 0.472 e. The highest BCUT2D eigenvalue weighted by molar-refractivity contribution is 5.75. The number of amides is 1. The van der Waals surface area contributed by atoms with Crippen LogP contribution in [-0.2, 0) is 17.9 Å². The van der Waals surface area contributed by atoms with Crippen molar-refractivity contribution in [2.75, 3.05) is 0 Å². The van der Waals surface area contributed by atoms with E-state index in [1.54, 1.807) is 16.9 Å². The maximum Gasteiger partial charge on any atom is 0.241 e. The second-order valence-electron chi connectivity index (χ2n) is 5.00. The Morgan fingerprint density at radius 1 is 1.33 bits per heavy atom. The predicted molar refractivity (Wildman–Crippen MR) is 80.9 cm³/mol. The van der Waals surface area contributed by atoms with Gasteiger partial charge in [0.25, 0.3) is 0 Å². The first-order valence-electron chi connectivity index (χ1n) is 7.17. The molecule has 5 heteroatoms. The van der Waals surface area contributed by atoms with Gasteiger partial charge in [0.05, 0.1) is 0 Å². The van der Waals surface area contributed by atoms with E-state index in [1.165, 1.54) is 0 Å². The van der Waals surface area contributed by atoms with Crippen molar-refractivity contribution in [1.82, 2.24) is 15.1 Å². The smallest absolute Gasteiger partial charge is 0.241 e. The molecule has 1 atom stereocenters. The van der Waals surface area contributed by atoms with Gasteiger partial charge in [-0.2, -0.15) is 0 Å². The fraction of sp³-hybridized carbons (Fsp3) is 0.375. The van der Waals surface area contributed by atoms with Gasteiger partial charge in [0.15, 0.2) is 0 Å². The molecule has 0 saturated carbocycles. The summed E-state index contributed by atoms with van der Waals surface area (Å²) in [5.74, 6) is 0.484. The fourth-order valence-electron chi connectivity index (χ4n) is 1.81. The van der Waals surface area contributed by atoms with Gasteiger partial charge < -0.3 is 10.1 Å². The maximum atomic E-state index is 11.8. The zero-order chi connectivity index (χ0) is 15.1. The van der Waals surface area contributed by atoms with Gasteiger partial charge in [0.2, 0.25) is 11.8 Å². The molecule has 0 fully saturated rings. The topological polar surface area (TPSA) is 56.2 Å². The first kappa shape index (κ1) is 15.1. The first-order chi connectivity index (χ1) is 10.2. The minimum Gasteiger partial charge on any atom is -0.472 e. The quantitative estimate of drug-likeness (QED) is 0.850. The number of hydrogen-bond donors (Lipinski definition) is 1. The van der Waals surface area contributed by atoms with Crippen molar-refractivity contribution in [2.45, 2.75) is 39.5 Å². The monoisotopic (exact) mass is 287 g/mol. The van der Waals surface area contributed by atoms with Crippen LogP contribution >= 0.6 is 0 Å². The van der Waals surface area contributed by atoms with Gasteiger partial charge in [-0.25, -0.2) is 0 Å². The lowest BCUT2D eigenvalue weighted by Crippen LogP contribution is -2.34. The SMILES string of the molecule is CC[C@H](C)NC(=O)Cn1ccc(OCc2ccccc2)n1. The number of hydrogen-bond acceptors (Lipinski definition) is 3. The summed E-state index contributed by atoms with van der Waals surface area (Å²) < 4.78 is 7.17. The lowest BCUT2D eigenvalue weighted by atomic mass is 10.2. The molecule has 112 valence electrons. The Kier molecular flexibility index (Phi) is 5.37. The normalized spacial score (nSPS) is 11.9. The van der Waals surface area contributed by atoms with Crippen LogP contribution in [0.4, 0.5) is 0 Å². The zero-order valence-corrected chi connectivity index (χ0v) is 12.5. The number of carbonyl (C=O) groups is 1. The number of carbonyl (C=O) groups excluding carboxylic acids is 1. The molecule has 21 heavy (non-hydrogen) atoms. The van der Waals surface area contributed by atoms with Crippen LogP contribution in [0.2, 0.25) is 0 Å². The average molecular weight is 287 g/mol. The third-order valence-corrected chi connectivity index (χ3v) is 3.17. The molecule has 1 aromatic heterocycles. The summed E-state index contributed by atoms with van der Waals surface area (Å²) in [6.45, 7) is 4.69. The van der Waals surface area contributed by atoms with Gasteiger partial charge in [0.1, 0.15) is 13.2 Å². The highest BCUT2D eigenvalue weighted by atomic mass is 16.5. The van der Waals surface area contributed by atoms with E-state index in [0.717, 1.165) is 12.0 Å². The van der Waals surface area contributed by atoms with E-state index >= 15 is 0 Å². The summed E-state index contributed by atoms with van der Waals surface area (Å²) >= 11 is 0. The van der Waals surface area contributed by atoms with E-state index in [9.17, 15) is 4.79 Å². The molecule has 0 bridgehead atoms. The Morgan fingerprint density at radius 3 is 2.81 bits per heavy atom. The van der Waals surface area contributed by atoms with E-state index in [0.29, 0.717) is 12.5 Å². The van der Waals surface area contributed by atoms with Crippen molar-refractivity contribution in [3.05, 3.63) is 48.2 Å². The van der Waals surface area contributed by atoms with Gasteiger partial charge in [-0.1, -0.05) is 37.3 Å². The Morgan fingerprint density at radius 2 is 2.10 bits per heavy atom. The Bertz CT molecular complexity index is 566. The summed E-state index contributed by atoms with van der Waals surface area (Å²) in [6.07, 6.45) is 2.66. The molecular weight excluding hydrogens is 266 g/mol. The molecule has 1 heterocycles. The Hall–Kier alpha value is -2.30. The molecule has 5 nitrogen and oxygen atoms in total. The molecule has 0 spiro atoms. The van der Waals surface area contributed by atoms with Crippen LogP contribution in [0.15, 0.2) is 42.6 Å². The molecule has 0 saturated heterocycles. The molecule has 0 aliphatic carbocycles. The number of nitrogens with zero attached hydrogens (tertiary/aromatic N) is 2. The van der Waals surface area contributed by atoms with Gasteiger partial charge in [0, 0.05) is 18.3 Å². The molecule has 1 aromatic carbocycles. The van der Waals surface area contributed by atoms with Gasteiger partial charge in [-0.3, -0.25) is 9.48 Å². The predicted octanol–water partition coefficient (Wildman–Crippen LogP) is 2.38. The van der Waals surface area contributed by atoms with E-state index in [-0.39, 0.29) is 18.5 Å². The van der Waals surface area contributed by atoms with Gasteiger partial charge in [-0.15, -0.1) is 5.10 Å². The summed E-state index contributed by atoms with van der Waals surface area (Å²) in [6, 6.07) is 11.8. The molecule has 0 aliphatic rings. The number of benzene rings is 1. The number of rotatable bonds is 7. The van der Waals surface area contributed by atoms with E-state index in [2.05, 4.69) is 10.4 Å². The second kappa shape index (κ2) is 7.47. The molecule has 0 radical (unpaired) electrons. The highest BCUT2D eigenvalue weighted by Gasteiger charge is 2.08. The van der Waals surface area contributed by atoms with Gasteiger partial charge >= 0.3 is 0 Å². The minimum atomic E-state index is -0.0398. The molecule has 1 amide bonds. The van der Waals surface area contributed by atoms with Crippen LogP contribution in [0.25, 0.3) is 0 Å². The summed E-state index contributed by atoms with van der Waals surface area (Å²) in [5, 5.41) is 7.14. The molecule has 0 unspecified atom stereocenters. The highest BCUT2D eigenvalue weighted by Crippen LogP contribution is 2.09. The molecule has 2 rings (SSSR count). The van der Waals surface area contributed by atoms with Crippen molar-refractivity contribution in [3.63, 3.8) is 0 Å². The van der Waals surface area contributed by atoms with Crippen LogP contribution in [0.1, 0.15) is 25.8 Å². The minimum absolute atomic E-state index is 0.0398. The standard InChI is InChI=1S/C16H21N3O2/c1-3-13(2)17-15(20)11-19-10-9-16(18-19)21-12-14-7-5-4-6-8-14/h4-10,13H,3,11-12H2,1-2H3,(H,17,20)/t13-/m0/s1. The lowest BCUT2D eigenvalue weighted by molar-refractivity contribution is -0.122. The van der Waals surface area contributed by atoms with Crippen molar-refractivity contribution in [2.24, 2.45) is 0 Å². The number of nitrogens with one attached hydrogen (secondary N) is 1. The van der Waals surface area contributed by atoms with Gasteiger partial charge in [-0.05, 0) is 18.9 Å². The van der Waals surface area contributed by atoms with Crippen molar-refractivity contribution >= 4 is 5.91 Å². The Balaban J connectivity index is 1.82. The summed E-state index contributed by atoms with van der Waals surface area (Å²) in [4.78, 5) is 11.8. The van der Waals surface area contributed by atoms with Crippen LogP contribution in [0.5, 0.6) is 5.88 Å². The van der Waals surface area contributed by atoms with E-state index < -0.39 is 0 Å². The fourth-order valence-corrected chi connectivity index (χ4v) is 1.81. The second-order valence-corrected chi connectivity index (χ2v) is 5.00. The molecule has 2 aromatic rings.